The van der Waals surface area contributed by atoms with Crippen LogP contribution in [0.15, 0.2) is 18.2 Å². The molecule has 19 heavy (non-hydrogen) atoms. The van der Waals surface area contributed by atoms with E-state index in [4.69, 9.17) is 16.7 Å². The maximum atomic E-state index is 13.6. The number of carbonyl (C=O) groups is 2. The van der Waals surface area contributed by atoms with Crippen molar-refractivity contribution in [2.75, 3.05) is 7.05 Å². The van der Waals surface area contributed by atoms with Gasteiger partial charge in [-0.2, -0.15) is 0 Å². The van der Waals surface area contributed by atoms with Gasteiger partial charge in [0.1, 0.15) is 11.2 Å². The predicted octanol–water partition coefficient (Wildman–Crippen LogP) is 2.30. The molecule has 0 atom stereocenters. The summed E-state index contributed by atoms with van der Waals surface area (Å²) >= 11 is 5.77. The van der Waals surface area contributed by atoms with Crippen molar-refractivity contribution in [3.63, 3.8) is 0 Å². The lowest BCUT2D eigenvalue weighted by Crippen LogP contribution is -2.38. The van der Waals surface area contributed by atoms with E-state index in [-0.39, 0.29) is 12.1 Å². The van der Waals surface area contributed by atoms with Crippen LogP contribution < -0.4 is 0 Å². The van der Waals surface area contributed by atoms with Crippen molar-refractivity contribution in [3.8, 4) is 0 Å². The summed E-state index contributed by atoms with van der Waals surface area (Å²) in [5.41, 5.74) is -1.03. The fraction of sp³-hybridized carbons (Fsp3) is 0.385. The van der Waals surface area contributed by atoms with Gasteiger partial charge in [-0.3, -0.25) is 9.59 Å². The Morgan fingerprint density at radius 2 is 2.11 bits per heavy atom. The van der Waals surface area contributed by atoms with E-state index in [0.29, 0.717) is 17.9 Å². The second-order valence-corrected chi connectivity index (χ2v) is 5.22. The minimum atomic E-state index is -1.30. The molecule has 1 N–H and O–H groups in total. The van der Waals surface area contributed by atoms with Crippen LogP contribution in [-0.2, 0) is 16.1 Å². The fourth-order valence-electron chi connectivity index (χ4n) is 2.00. The molecule has 4 nitrogen and oxygen atoms in total. The van der Waals surface area contributed by atoms with Gasteiger partial charge in [0.05, 0.1) is 0 Å². The summed E-state index contributed by atoms with van der Waals surface area (Å²) in [6.45, 7) is 0.000255. The third kappa shape index (κ3) is 2.56. The first kappa shape index (κ1) is 13.8. The van der Waals surface area contributed by atoms with E-state index in [0.717, 1.165) is 0 Å². The van der Waals surface area contributed by atoms with Crippen LogP contribution in [0.3, 0.4) is 0 Å². The van der Waals surface area contributed by atoms with Gasteiger partial charge in [0, 0.05) is 24.2 Å². The normalized spacial score (nSPS) is 15.9. The Balaban J connectivity index is 2.13. The highest BCUT2D eigenvalue weighted by atomic mass is 35.5. The number of hydrogen-bond donors (Lipinski definition) is 1. The molecule has 1 aromatic carbocycles. The Bertz CT molecular complexity index is 543. The van der Waals surface area contributed by atoms with Crippen LogP contribution in [-0.4, -0.2) is 28.9 Å². The Hall–Kier alpha value is -1.62. The molecule has 0 aliphatic heterocycles. The number of halogens is 2. The van der Waals surface area contributed by atoms with E-state index in [1.54, 1.807) is 0 Å². The van der Waals surface area contributed by atoms with Crippen LogP contribution >= 0.6 is 11.6 Å². The van der Waals surface area contributed by atoms with Crippen molar-refractivity contribution >= 4 is 23.5 Å². The average molecular weight is 286 g/mol. The van der Waals surface area contributed by atoms with E-state index in [9.17, 15) is 14.0 Å². The molecule has 0 radical (unpaired) electrons. The van der Waals surface area contributed by atoms with E-state index in [1.807, 2.05) is 0 Å². The van der Waals surface area contributed by atoms with Crippen molar-refractivity contribution in [2.45, 2.75) is 19.4 Å². The molecule has 0 saturated heterocycles. The van der Waals surface area contributed by atoms with Gasteiger partial charge in [0.15, 0.2) is 0 Å². The second-order valence-electron chi connectivity index (χ2n) is 4.78. The topological polar surface area (TPSA) is 57.6 Å². The zero-order valence-electron chi connectivity index (χ0n) is 10.3. The summed E-state index contributed by atoms with van der Waals surface area (Å²) in [6.07, 6.45) is 0.674. The van der Waals surface area contributed by atoms with E-state index in [1.165, 1.54) is 30.1 Å². The zero-order chi connectivity index (χ0) is 14.2. The van der Waals surface area contributed by atoms with Gasteiger partial charge < -0.3 is 10.0 Å². The third-order valence-corrected chi connectivity index (χ3v) is 3.57. The monoisotopic (exact) mass is 285 g/mol. The summed E-state index contributed by atoms with van der Waals surface area (Å²) in [4.78, 5) is 24.4. The molecule has 0 bridgehead atoms. The average Bonchev–Trinajstić information content (AvgIpc) is 3.14. The van der Waals surface area contributed by atoms with Gasteiger partial charge in [-0.25, -0.2) is 4.39 Å². The lowest BCUT2D eigenvalue weighted by atomic mass is 10.1. The molecular formula is C13H13ClFNO3. The highest BCUT2D eigenvalue weighted by Crippen LogP contribution is 2.47. The van der Waals surface area contributed by atoms with Gasteiger partial charge in [0.2, 0.25) is 5.91 Å². The summed E-state index contributed by atoms with van der Waals surface area (Å²) in [5, 5.41) is 9.42. The molecule has 6 heteroatoms. The summed E-state index contributed by atoms with van der Waals surface area (Å²) in [6, 6.07) is 4.07. The Kier molecular flexibility index (Phi) is 3.49. The molecule has 0 heterocycles. The van der Waals surface area contributed by atoms with Crippen molar-refractivity contribution < 1.29 is 19.1 Å². The molecule has 0 unspecified atom stereocenters. The Morgan fingerprint density at radius 3 is 2.63 bits per heavy atom. The first-order valence-corrected chi connectivity index (χ1v) is 6.17. The number of benzene rings is 1. The number of hydrogen-bond acceptors (Lipinski definition) is 2. The number of carbonyl (C=O) groups excluding carboxylic acids is 1. The molecular weight excluding hydrogens is 273 g/mol. The fourth-order valence-corrected chi connectivity index (χ4v) is 2.20. The van der Waals surface area contributed by atoms with Crippen LogP contribution in [0.25, 0.3) is 0 Å². The largest absolute Gasteiger partial charge is 0.480 e. The van der Waals surface area contributed by atoms with E-state index in [2.05, 4.69) is 0 Å². The highest BCUT2D eigenvalue weighted by Gasteiger charge is 2.58. The van der Waals surface area contributed by atoms with Crippen molar-refractivity contribution in [2.24, 2.45) is 5.41 Å². The number of rotatable bonds is 4. The number of nitrogens with zero attached hydrogens (tertiary/aromatic N) is 1. The van der Waals surface area contributed by atoms with Gasteiger partial charge >= 0.3 is 5.97 Å². The first-order chi connectivity index (χ1) is 8.86. The number of amides is 1. The van der Waals surface area contributed by atoms with Gasteiger partial charge in [-0.15, -0.1) is 0 Å². The maximum absolute atomic E-state index is 13.6. The van der Waals surface area contributed by atoms with E-state index >= 15 is 0 Å². The molecule has 0 aromatic heterocycles. The molecule has 0 spiro atoms. The van der Waals surface area contributed by atoms with Crippen LogP contribution in [0.1, 0.15) is 18.4 Å². The summed E-state index contributed by atoms with van der Waals surface area (Å²) < 4.78 is 13.6. The molecule has 1 fully saturated rings. The first-order valence-electron chi connectivity index (χ1n) is 5.80. The quantitative estimate of drug-likeness (QED) is 0.864. The third-order valence-electron chi connectivity index (χ3n) is 3.33. The van der Waals surface area contributed by atoms with Crippen LogP contribution in [0, 0.1) is 11.2 Å². The molecule has 1 aliphatic carbocycles. The minimum Gasteiger partial charge on any atom is -0.480 e. The van der Waals surface area contributed by atoms with Crippen LogP contribution in [0.2, 0.25) is 5.02 Å². The molecule has 1 aliphatic rings. The second kappa shape index (κ2) is 4.81. The number of carboxylic acid groups (broad SMARTS) is 1. The smallest absolute Gasteiger partial charge is 0.319 e. The standard InChI is InChI=1S/C13H13ClFNO3/c1-16(11(17)13(4-5-13)12(18)19)7-8-6-9(14)2-3-10(8)15/h2-3,6H,4-5,7H2,1H3,(H,18,19). The van der Waals surface area contributed by atoms with Crippen molar-refractivity contribution in [3.05, 3.63) is 34.6 Å². The predicted molar refractivity (Wildman–Crippen MR) is 67.2 cm³/mol. The molecule has 1 amide bonds. The molecule has 1 aromatic rings. The number of aliphatic carboxylic acids is 1. The lowest BCUT2D eigenvalue weighted by Gasteiger charge is -2.21. The molecule has 1 saturated carbocycles. The summed E-state index contributed by atoms with van der Waals surface area (Å²) in [5.74, 6) is -2.07. The lowest BCUT2D eigenvalue weighted by molar-refractivity contribution is -0.153. The SMILES string of the molecule is CN(Cc1cc(Cl)ccc1F)C(=O)C1(C(=O)O)CC1. The minimum absolute atomic E-state index is 0.000255. The Morgan fingerprint density at radius 1 is 1.47 bits per heavy atom. The van der Waals surface area contributed by atoms with Crippen LogP contribution in [0.4, 0.5) is 4.39 Å². The highest BCUT2D eigenvalue weighted by molar-refractivity contribution is 6.30. The van der Waals surface area contributed by atoms with Crippen molar-refractivity contribution in [1.29, 1.82) is 0 Å². The maximum Gasteiger partial charge on any atom is 0.319 e. The molecule has 102 valence electrons. The molecule has 2 rings (SSSR count). The van der Waals surface area contributed by atoms with Gasteiger partial charge in [-0.05, 0) is 31.0 Å². The van der Waals surface area contributed by atoms with Gasteiger partial charge in [0.25, 0.3) is 0 Å². The van der Waals surface area contributed by atoms with E-state index < -0.39 is 23.1 Å². The number of carboxylic acids is 1. The van der Waals surface area contributed by atoms with Gasteiger partial charge in [-0.1, -0.05) is 11.6 Å². The zero-order valence-corrected chi connectivity index (χ0v) is 11.1. The van der Waals surface area contributed by atoms with Crippen LogP contribution in [0.5, 0.6) is 0 Å². The Labute approximate surface area is 114 Å². The summed E-state index contributed by atoms with van der Waals surface area (Å²) in [7, 11) is 1.46. The van der Waals surface area contributed by atoms with Crippen molar-refractivity contribution in [1.82, 2.24) is 4.90 Å².